The maximum atomic E-state index is 12.9. The minimum atomic E-state index is -1.23. The molecule has 3 aromatic rings. The van der Waals surface area contributed by atoms with Crippen molar-refractivity contribution in [3.63, 3.8) is 0 Å². The molecule has 0 saturated heterocycles. The molecule has 3 rings (SSSR count). The summed E-state index contributed by atoms with van der Waals surface area (Å²) in [5, 5.41) is 21.8. The van der Waals surface area contributed by atoms with E-state index in [0.717, 1.165) is 10.9 Å². The summed E-state index contributed by atoms with van der Waals surface area (Å²) in [4.78, 5) is 24.3. The van der Waals surface area contributed by atoms with Gasteiger partial charge < -0.3 is 24.5 Å². The number of methoxy groups -OCH3 is 1. The zero-order valence-corrected chi connectivity index (χ0v) is 15.9. The van der Waals surface area contributed by atoms with Crippen LogP contribution in [0, 0.1) is 11.3 Å². The van der Waals surface area contributed by atoms with E-state index in [4.69, 9.17) is 14.7 Å². The molecule has 1 aromatic heterocycles. The van der Waals surface area contributed by atoms with E-state index >= 15 is 0 Å². The number of amides is 1. The average molecular weight is 393 g/mol. The van der Waals surface area contributed by atoms with E-state index < -0.39 is 11.9 Å². The number of rotatable bonds is 7. The van der Waals surface area contributed by atoms with Gasteiger partial charge in [-0.1, -0.05) is 12.1 Å². The van der Waals surface area contributed by atoms with Gasteiger partial charge in [-0.05, 0) is 30.3 Å². The molecule has 0 spiro atoms. The second kappa shape index (κ2) is 8.46. The summed E-state index contributed by atoms with van der Waals surface area (Å²) in [6.45, 7) is 0.806. The molecule has 8 heteroatoms. The maximum Gasteiger partial charge on any atom is 0.337 e. The lowest BCUT2D eigenvalue weighted by molar-refractivity contribution is 0.0698. The van der Waals surface area contributed by atoms with Crippen LogP contribution >= 0.6 is 0 Å². The second-order valence-electron chi connectivity index (χ2n) is 6.26. The first-order valence-corrected chi connectivity index (χ1v) is 8.75. The Kier molecular flexibility index (Phi) is 5.81. The summed E-state index contributed by atoms with van der Waals surface area (Å²) in [6, 6.07) is 13.2. The number of anilines is 1. The van der Waals surface area contributed by atoms with Crippen LogP contribution in [0.5, 0.6) is 5.75 Å². The highest BCUT2D eigenvalue weighted by Gasteiger charge is 2.19. The van der Waals surface area contributed by atoms with Crippen molar-refractivity contribution in [2.75, 3.05) is 25.6 Å². The van der Waals surface area contributed by atoms with Gasteiger partial charge in [0.2, 0.25) is 0 Å². The molecule has 2 N–H and O–H groups in total. The first kappa shape index (κ1) is 19.9. The van der Waals surface area contributed by atoms with Crippen LogP contribution in [-0.2, 0) is 11.8 Å². The topological polar surface area (TPSA) is 114 Å². The lowest BCUT2D eigenvalue weighted by Crippen LogP contribution is -2.17. The van der Waals surface area contributed by atoms with Crippen LogP contribution in [0.3, 0.4) is 0 Å². The SMILES string of the molecule is COCCOc1cccc2cc(C(=O)Nc3ccc(C#N)cc3C(=O)O)n(C)c12. The fourth-order valence-corrected chi connectivity index (χ4v) is 3.03. The van der Waals surface area contributed by atoms with Crippen LogP contribution in [0.15, 0.2) is 42.5 Å². The minimum Gasteiger partial charge on any atom is -0.489 e. The largest absolute Gasteiger partial charge is 0.489 e. The summed E-state index contributed by atoms with van der Waals surface area (Å²) in [5.74, 6) is -1.09. The van der Waals surface area contributed by atoms with E-state index in [1.54, 1.807) is 24.8 Å². The van der Waals surface area contributed by atoms with Crippen LogP contribution < -0.4 is 10.1 Å². The van der Waals surface area contributed by atoms with Gasteiger partial charge in [0.05, 0.1) is 35.0 Å². The van der Waals surface area contributed by atoms with Crippen LogP contribution in [0.25, 0.3) is 10.9 Å². The predicted octanol–water partition coefficient (Wildman–Crippen LogP) is 3.03. The Hall–Kier alpha value is -3.83. The van der Waals surface area contributed by atoms with E-state index in [0.29, 0.717) is 24.7 Å². The van der Waals surface area contributed by atoms with Gasteiger partial charge in [-0.2, -0.15) is 5.26 Å². The van der Waals surface area contributed by atoms with Gasteiger partial charge in [0.25, 0.3) is 5.91 Å². The van der Waals surface area contributed by atoms with Gasteiger partial charge in [-0.15, -0.1) is 0 Å². The Bertz CT molecular complexity index is 1130. The molecule has 1 heterocycles. The highest BCUT2D eigenvalue weighted by molar-refractivity contribution is 6.09. The van der Waals surface area contributed by atoms with Crippen molar-refractivity contribution in [1.29, 1.82) is 5.26 Å². The smallest absolute Gasteiger partial charge is 0.337 e. The first-order valence-electron chi connectivity index (χ1n) is 8.75. The zero-order valence-electron chi connectivity index (χ0n) is 15.9. The lowest BCUT2D eigenvalue weighted by atomic mass is 10.1. The van der Waals surface area contributed by atoms with E-state index in [1.807, 2.05) is 24.3 Å². The van der Waals surface area contributed by atoms with Crippen molar-refractivity contribution < 1.29 is 24.2 Å². The third-order valence-corrected chi connectivity index (χ3v) is 4.42. The fraction of sp³-hybridized carbons (Fsp3) is 0.190. The number of hydrogen-bond donors (Lipinski definition) is 2. The molecule has 0 unspecified atom stereocenters. The maximum absolute atomic E-state index is 12.9. The number of carbonyl (C=O) groups is 2. The Morgan fingerprint density at radius 2 is 2.00 bits per heavy atom. The van der Waals surface area contributed by atoms with Gasteiger partial charge >= 0.3 is 5.97 Å². The van der Waals surface area contributed by atoms with E-state index in [2.05, 4.69) is 5.32 Å². The normalized spacial score (nSPS) is 10.5. The van der Waals surface area contributed by atoms with Crippen molar-refractivity contribution in [1.82, 2.24) is 4.57 Å². The standard InChI is InChI=1S/C21H19N3O5/c1-24-17(11-14-4-3-5-18(19(14)24)29-9-8-28-2)20(25)23-16-7-6-13(12-22)10-15(16)21(26)27/h3-7,10-11H,8-9H2,1-2H3,(H,23,25)(H,26,27). The Balaban J connectivity index is 1.95. The summed E-state index contributed by atoms with van der Waals surface area (Å²) in [6.07, 6.45) is 0. The van der Waals surface area contributed by atoms with Crippen LogP contribution in [-0.4, -0.2) is 41.9 Å². The summed E-state index contributed by atoms with van der Waals surface area (Å²) >= 11 is 0. The van der Waals surface area contributed by atoms with Crippen LogP contribution in [0.2, 0.25) is 0 Å². The summed E-state index contributed by atoms with van der Waals surface area (Å²) in [7, 11) is 3.32. The molecule has 0 saturated carbocycles. The number of nitrogens with zero attached hydrogens (tertiary/aromatic N) is 2. The molecule has 0 fully saturated rings. The van der Waals surface area contributed by atoms with Gasteiger partial charge in [-0.3, -0.25) is 4.79 Å². The highest BCUT2D eigenvalue weighted by atomic mass is 16.5. The summed E-state index contributed by atoms with van der Waals surface area (Å²) < 4.78 is 12.4. The predicted molar refractivity (Wildman–Crippen MR) is 106 cm³/mol. The molecular formula is C21H19N3O5. The van der Waals surface area contributed by atoms with Crippen molar-refractivity contribution >= 4 is 28.5 Å². The molecule has 29 heavy (non-hydrogen) atoms. The second-order valence-corrected chi connectivity index (χ2v) is 6.26. The van der Waals surface area contributed by atoms with Crippen molar-refractivity contribution in [3.05, 3.63) is 59.3 Å². The van der Waals surface area contributed by atoms with E-state index in [-0.39, 0.29) is 16.8 Å². The molecule has 0 atom stereocenters. The molecule has 0 bridgehead atoms. The summed E-state index contributed by atoms with van der Waals surface area (Å²) in [5.41, 5.74) is 1.24. The van der Waals surface area contributed by atoms with E-state index in [9.17, 15) is 14.7 Å². The Morgan fingerprint density at radius 1 is 1.21 bits per heavy atom. The molecular weight excluding hydrogens is 374 g/mol. The van der Waals surface area contributed by atoms with Gasteiger partial charge in [-0.25, -0.2) is 4.79 Å². The number of ether oxygens (including phenoxy) is 2. The Morgan fingerprint density at radius 3 is 2.69 bits per heavy atom. The quantitative estimate of drug-likeness (QED) is 0.597. The number of benzene rings is 2. The number of fused-ring (bicyclic) bond motifs is 1. The minimum absolute atomic E-state index is 0.114. The van der Waals surface area contributed by atoms with Gasteiger partial charge in [0.15, 0.2) is 0 Å². The van der Waals surface area contributed by atoms with E-state index in [1.165, 1.54) is 18.2 Å². The number of aromatic carboxylic acids is 1. The first-order chi connectivity index (χ1) is 14.0. The monoisotopic (exact) mass is 393 g/mol. The van der Waals surface area contributed by atoms with Crippen molar-refractivity contribution in [2.45, 2.75) is 0 Å². The molecule has 0 aliphatic heterocycles. The van der Waals surface area contributed by atoms with Crippen LogP contribution in [0.4, 0.5) is 5.69 Å². The molecule has 1 amide bonds. The van der Waals surface area contributed by atoms with Gasteiger partial charge in [0, 0.05) is 19.5 Å². The fourth-order valence-electron chi connectivity index (χ4n) is 3.03. The van der Waals surface area contributed by atoms with Gasteiger partial charge in [0.1, 0.15) is 18.1 Å². The van der Waals surface area contributed by atoms with Crippen LogP contribution in [0.1, 0.15) is 26.4 Å². The lowest BCUT2D eigenvalue weighted by Gasteiger charge is -2.11. The highest BCUT2D eigenvalue weighted by Crippen LogP contribution is 2.29. The molecule has 0 radical (unpaired) electrons. The number of carbonyl (C=O) groups excluding carboxylic acids is 1. The molecule has 0 aliphatic rings. The number of nitriles is 1. The Labute approximate surface area is 166 Å². The number of carboxylic acids is 1. The molecule has 0 aliphatic carbocycles. The average Bonchev–Trinajstić information content (AvgIpc) is 3.06. The third kappa shape index (κ3) is 4.05. The molecule has 148 valence electrons. The number of aryl methyl sites for hydroxylation is 1. The third-order valence-electron chi connectivity index (χ3n) is 4.42. The number of carboxylic acid groups (broad SMARTS) is 1. The molecule has 8 nitrogen and oxygen atoms in total. The zero-order chi connectivity index (χ0) is 21.0. The number of para-hydroxylation sites is 1. The number of hydrogen-bond acceptors (Lipinski definition) is 5. The van der Waals surface area contributed by atoms with Crippen molar-refractivity contribution in [2.24, 2.45) is 7.05 Å². The number of aromatic nitrogens is 1. The van der Waals surface area contributed by atoms with Crippen molar-refractivity contribution in [3.8, 4) is 11.8 Å². The number of nitrogens with one attached hydrogen (secondary N) is 1. The molecule has 2 aromatic carbocycles.